The van der Waals surface area contributed by atoms with Crippen molar-refractivity contribution in [1.82, 2.24) is 0 Å². The number of esters is 2. The zero-order valence-electron chi connectivity index (χ0n) is 12.9. The van der Waals surface area contributed by atoms with E-state index in [4.69, 9.17) is 49.0 Å². The summed E-state index contributed by atoms with van der Waals surface area (Å²) in [6.07, 6.45) is -1.10. The maximum Gasteiger partial charge on any atom is 0.352 e. The van der Waals surface area contributed by atoms with E-state index in [2.05, 4.69) is 0 Å². The first kappa shape index (κ1) is 18.7. The topological polar surface area (TPSA) is 82.1 Å². The number of carbonyl (C=O) groups excluding carboxylic acids is 2. The van der Waals surface area contributed by atoms with Gasteiger partial charge in [0.1, 0.15) is 5.75 Å². The number of ether oxygens (including phenoxy) is 3. The fourth-order valence-electron chi connectivity index (χ4n) is 1.91. The molecule has 1 aromatic rings. The molecule has 1 aliphatic heterocycles. The van der Waals surface area contributed by atoms with Crippen molar-refractivity contribution in [3.05, 3.63) is 38.5 Å². The lowest BCUT2D eigenvalue weighted by Gasteiger charge is -2.30. The van der Waals surface area contributed by atoms with E-state index in [0.29, 0.717) is 0 Å². The summed E-state index contributed by atoms with van der Waals surface area (Å²) in [5.41, 5.74) is -0.641. The van der Waals surface area contributed by atoms with Gasteiger partial charge in [0, 0.05) is 19.9 Å². The van der Waals surface area contributed by atoms with Crippen LogP contribution in [0.15, 0.2) is 23.5 Å². The summed E-state index contributed by atoms with van der Waals surface area (Å²) in [5, 5.41) is 10.7. The van der Waals surface area contributed by atoms with E-state index in [0.717, 1.165) is 0 Å². The normalized spacial score (nSPS) is 17.8. The third kappa shape index (κ3) is 3.88. The summed E-state index contributed by atoms with van der Waals surface area (Å²) in [7, 11) is 0. The Labute approximate surface area is 152 Å². The number of benzene rings is 1. The summed E-state index contributed by atoms with van der Waals surface area (Å²) < 4.78 is 15.3. The highest BCUT2D eigenvalue weighted by molar-refractivity contribution is 6.43. The molecule has 1 aromatic carbocycles. The lowest BCUT2D eigenvalue weighted by molar-refractivity contribution is -0.222. The van der Waals surface area contributed by atoms with Gasteiger partial charge in [-0.05, 0) is 13.0 Å². The van der Waals surface area contributed by atoms with E-state index in [1.54, 1.807) is 0 Å². The molecule has 0 saturated carbocycles. The quantitative estimate of drug-likeness (QED) is 0.273. The van der Waals surface area contributed by atoms with Gasteiger partial charge in [-0.15, -0.1) is 0 Å². The Morgan fingerprint density at radius 3 is 2.12 bits per heavy atom. The van der Waals surface area contributed by atoms with Gasteiger partial charge in [-0.2, -0.15) is 0 Å². The number of carbonyl (C=O) groups is 2. The highest BCUT2D eigenvalue weighted by atomic mass is 35.5. The predicted molar refractivity (Wildman–Crippen MR) is 87.5 cm³/mol. The van der Waals surface area contributed by atoms with Crippen molar-refractivity contribution in [3.8, 4) is 5.75 Å². The van der Waals surface area contributed by atoms with Crippen molar-refractivity contribution in [2.24, 2.45) is 0 Å². The zero-order chi connectivity index (χ0) is 18.2. The summed E-state index contributed by atoms with van der Waals surface area (Å²) in [5.74, 6) is -3.96. The average Bonchev–Trinajstić information content (AvgIpc) is 2.42. The molecule has 24 heavy (non-hydrogen) atoms. The number of hydrogen-bond donors (Lipinski definition) is 1. The van der Waals surface area contributed by atoms with Crippen molar-refractivity contribution in [1.29, 1.82) is 0 Å². The molecule has 1 saturated heterocycles. The maximum absolute atomic E-state index is 11.9. The number of halogens is 3. The summed E-state index contributed by atoms with van der Waals surface area (Å²) in [6.45, 7) is 4.19. The second-order valence-electron chi connectivity index (χ2n) is 5.40. The van der Waals surface area contributed by atoms with E-state index in [9.17, 15) is 14.7 Å². The second kappa shape index (κ2) is 6.70. The SMILES string of the molecule is CC(Oc1cc(Cl)c(Cl)cc1Cl)C(O)=C1C(=O)OC(C)(C)OC1=O. The molecule has 0 radical (unpaired) electrons. The fraction of sp³-hybridized carbons (Fsp3) is 0.333. The standard InChI is InChI=1S/C15H13Cl3O6/c1-6(22-10-5-8(17)7(16)4-9(10)18)12(19)11-13(20)23-15(2,3)24-14(11)21/h4-6,19H,1-3H3. The molecule has 1 N–H and O–H groups in total. The van der Waals surface area contributed by atoms with Gasteiger partial charge in [0.05, 0.1) is 15.1 Å². The first-order valence-corrected chi connectivity index (χ1v) is 7.86. The Hall–Kier alpha value is -1.63. The molecule has 0 bridgehead atoms. The van der Waals surface area contributed by atoms with Crippen LogP contribution in [0.25, 0.3) is 0 Å². The Morgan fingerprint density at radius 1 is 1.08 bits per heavy atom. The highest BCUT2D eigenvalue weighted by Crippen LogP contribution is 2.35. The first-order chi connectivity index (χ1) is 11.0. The number of cyclic esters (lactones) is 2. The molecule has 2 rings (SSSR count). The molecule has 1 heterocycles. The van der Waals surface area contributed by atoms with Gasteiger partial charge < -0.3 is 19.3 Å². The molecule has 0 spiro atoms. The first-order valence-electron chi connectivity index (χ1n) is 6.73. The van der Waals surface area contributed by atoms with Crippen LogP contribution in [-0.4, -0.2) is 28.9 Å². The van der Waals surface area contributed by atoms with Gasteiger partial charge in [0.2, 0.25) is 0 Å². The highest BCUT2D eigenvalue weighted by Gasteiger charge is 2.42. The largest absolute Gasteiger partial charge is 0.507 e. The van der Waals surface area contributed by atoms with E-state index in [1.807, 2.05) is 0 Å². The Bertz CT molecular complexity index is 719. The van der Waals surface area contributed by atoms with E-state index in [1.165, 1.54) is 32.9 Å². The van der Waals surface area contributed by atoms with Gasteiger partial charge in [-0.25, -0.2) is 9.59 Å². The van der Waals surface area contributed by atoms with Gasteiger partial charge in [0.15, 0.2) is 17.4 Å². The molecule has 0 amide bonds. The Kier molecular flexibility index (Phi) is 5.22. The van der Waals surface area contributed by atoms with Crippen molar-refractivity contribution in [3.63, 3.8) is 0 Å². The molecular formula is C15H13Cl3O6. The smallest absolute Gasteiger partial charge is 0.352 e. The number of rotatable bonds is 3. The Morgan fingerprint density at radius 2 is 1.58 bits per heavy atom. The third-order valence-electron chi connectivity index (χ3n) is 3.00. The van der Waals surface area contributed by atoms with Crippen LogP contribution < -0.4 is 4.74 Å². The number of aliphatic hydroxyl groups is 1. The van der Waals surface area contributed by atoms with Crippen LogP contribution in [0.1, 0.15) is 20.8 Å². The number of aliphatic hydroxyl groups excluding tert-OH is 1. The molecule has 1 aliphatic rings. The van der Waals surface area contributed by atoms with Crippen LogP contribution in [-0.2, 0) is 19.1 Å². The second-order valence-corrected chi connectivity index (χ2v) is 6.62. The van der Waals surface area contributed by atoms with Gasteiger partial charge in [-0.3, -0.25) is 0 Å². The fourth-order valence-corrected chi connectivity index (χ4v) is 2.49. The van der Waals surface area contributed by atoms with E-state index >= 15 is 0 Å². The van der Waals surface area contributed by atoms with Gasteiger partial charge >= 0.3 is 11.9 Å². The van der Waals surface area contributed by atoms with Crippen LogP contribution in [0.4, 0.5) is 0 Å². The minimum Gasteiger partial charge on any atom is -0.507 e. The summed E-state index contributed by atoms with van der Waals surface area (Å²) in [6, 6.07) is 2.71. The molecule has 1 fully saturated rings. The molecule has 130 valence electrons. The van der Waals surface area contributed by atoms with Crippen LogP contribution in [0.5, 0.6) is 5.75 Å². The molecule has 1 atom stereocenters. The molecule has 0 aromatic heterocycles. The summed E-state index contributed by atoms with van der Waals surface area (Å²) >= 11 is 17.7. The molecule has 0 aliphatic carbocycles. The average molecular weight is 396 g/mol. The minimum absolute atomic E-state index is 0.114. The molecular weight excluding hydrogens is 383 g/mol. The van der Waals surface area contributed by atoms with Crippen LogP contribution in [0.2, 0.25) is 15.1 Å². The maximum atomic E-state index is 11.9. The van der Waals surface area contributed by atoms with Crippen LogP contribution >= 0.6 is 34.8 Å². The summed E-state index contributed by atoms with van der Waals surface area (Å²) in [4.78, 5) is 23.8. The van der Waals surface area contributed by atoms with Gasteiger partial charge in [-0.1, -0.05) is 34.8 Å². The van der Waals surface area contributed by atoms with Crippen molar-refractivity contribution in [2.75, 3.05) is 0 Å². The van der Waals surface area contributed by atoms with Crippen LogP contribution in [0, 0.1) is 0 Å². The monoisotopic (exact) mass is 394 g/mol. The van der Waals surface area contributed by atoms with E-state index in [-0.39, 0.29) is 20.8 Å². The van der Waals surface area contributed by atoms with Crippen molar-refractivity contribution in [2.45, 2.75) is 32.7 Å². The van der Waals surface area contributed by atoms with E-state index < -0.39 is 35.2 Å². The lowest BCUT2D eigenvalue weighted by atomic mass is 10.1. The molecule has 6 nitrogen and oxygen atoms in total. The van der Waals surface area contributed by atoms with Gasteiger partial charge in [0.25, 0.3) is 5.79 Å². The lowest BCUT2D eigenvalue weighted by Crippen LogP contribution is -2.43. The molecule has 9 heteroatoms. The predicted octanol–water partition coefficient (Wildman–Crippen LogP) is 4.06. The van der Waals surface area contributed by atoms with Crippen molar-refractivity contribution >= 4 is 46.7 Å². The Balaban J connectivity index is 2.29. The molecule has 1 unspecified atom stereocenters. The minimum atomic E-state index is -1.41. The van der Waals surface area contributed by atoms with Crippen molar-refractivity contribution < 1.29 is 28.9 Å². The zero-order valence-corrected chi connectivity index (χ0v) is 15.1. The third-order valence-corrected chi connectivity index (χ3v) is 4.02. The number of hydrogen-bond acceptors (Lipinski definition) is 6. The van der Waals surface area contributed by atoms with Crippen LogP contribution in [0.3, 0.4) is 0 Å².